The van der Waals surface area contributed by atoms with E-state index in [9.17, 15) is 9.90 Å². The smallest absolute Gasteiger partial charge is 0.295 e. The van der Waals surface area contributed by atoms with E-state index in [1.165, 1.54) is 6.92 Å². The Morgan fingerprint density at radius 1 is 1.60 bits per heavy atom. The molecule has 15 heavy (non-hydrogen) atoms. The van der Waals surface area contributed by atoms with Gasteiger partial charge in [-0.15, -0.1) is 0 Å². The molecule has 0 saturated carbocycles. The standard InChI is InChI=1S/C11H13NO3/c1-6(13)8-9-7(15-10(8)14)4-11(2,3)5-12-9/h4,14H,5H2,1-3H3. The van der Waals surface area contributed by atoms with Gasteiger partial charge in [-0.2, -0.15) is 0 Å². The Morgan fingerprint density at radius 3 is 2.87 bits per heavy atom. The second kappa shape index (κ2) is 2.95. The van der Waals surface area contributed by atoms with Crippen LogP contribution in [0.3, 0.4) is 0 Å². The fourth-order valence-corrected chi connectivity index (χ4v) is 1.68. The lowest BCUT2D eigenvalue weighted by Crippen LogP contribution is -2.34. The molecule has 0 bridgehead atoms. The number of carbonyl (C=O) groups excluding carboxylic acids is 1. The number of ketones is 1. The summed E-state index contributed by atoms with van der Waals surface area (Å²) in [5, 5.41) is 9.96. The SMILES string of the molecule is CC(=O)c1c(O)oc2c1=NCC(C)(C)C=2. The Bertz CT molecular complexity index is 537. The van der Waals surface area contributed by atoms with Crippen LogP contribution in [0.5, 0.6) is 5.95 Å². The van der Waals surface area contributed by atoms with Gasteiger partial charge in [0, 0.05) is 12.0 Å². The molecule has 0 spiro atoms. The second-order valence-electron chi connectivity index (χ2n) is 4.50. The molecule has 1 aromatic heterocycles. The lowest BCUT2D eigenvalue weighted by Gasteiger charge is -2.18. The van der Waals surface area contributed by atoms with E-state index in [0.717, 1.165) is 0 Å². The molecule has 0 radical (unpaired) electrons. The van der Waals surface area contributed by atoms with E-state index in [1.807, 2.05) is 19.9 Å². The van der Waals surface area contributed by atoms with Crippen molar-refractivity contribution in [1.29, 1.82) is 0 Å². The molecule has 4 heteroatoms. The molecule has 80 valence electrons. The number of fused-ring (bicyclic) bond motifs is 1. The fraction of sp³-hybridized carbons (Fsp3) is 0.455. The highest BCUT2D eigenvalue weighted by atomic mass is 16.5. The summed E-state index contributed by atoms with van der Waals surface area (Å²) in [4.78, 5) is 15.5. The number of hydrogen-bond acceptors (Lipinski definition) is 4. The van der Waals surface area contributed by atoms with Crippen molar-refractivity contribution in [2.45, 2.75) is 20.8 Å². The summed E-state index contributed by atoms with van der Waals surface area (Å²) in [6, 6.07) is 0. The average Bonchev–Trinajstić information content (AvgIpc) is 2.37. The van der Waals surface area contributed by atoms with Gasteiger partial charge in [-0.1, -0.05) is 13.8 Å². The van der Waals surface area contributed by atoms with Gasteiger partial charge in [-0.05, 0) is 13.0 Å². The largest absolute Gasteiger partial charge is 0.480 e. The maximum Gasteiger partial charge on any atom is 0.295 e. The van der Waals surface area contributed by atoms with E-state index < -0.39 is 0 Å². The Morgan fingerprint density at radius 2 is 2.27 bits per heavy atom. The molecule has 0 aliphatic carbocycles. The minimum atomic E-state index is -0.329. The van der Waals surface area contributed by atoms with Gasteiger partial charge in [0.2, 0.25) is 0 Å². The highest BCUT2D eigenvalue weighted by Gasteiger charge is 2.23. The predicted octanol–water partition coefficient (Wildman–Crippen LogP) is 0.628. The van der Waals surface area contributed by atoms with E-state index in [2.05, 4.69) is 4.99 Å². The van der Waals surface area contributed by atoms with E-state index in [-0.39, 0.29) is 22.7 Å². The lowest BCUT2D eigenvalue weighted by atomic mass is 9.92. The summed E-state index contributed by atoms with van der Waals surface area (Å²) in [6.07, 6.45) is 1.89. The average molecular weight is 207 g/mol. The Hall–Kier alpha value is -1.58. The first-order chi connectivity index (χ1) is 6.91. The molecule has 1 aliphatic heterocycles. The Labute approximate surface area is 86.9 Å². The van der Waals surface area contributed by atoms with Crippen molar-refractivity contribution in [3.8, 4) is 5.95 Å². The first kappa shape index (κ1) is 9.96. The zero-order valence-electron chi connectivity index (χ0n) is 9.00. The third-order valence-electron chi connectivity index (χ3n) is 2.41. The summed E-state index contributed by atoms with van der Waals surface area (Å²) in [7, 11) is 0. The molecule has 0 saturated heterocycles. The molecule has 0 aromatic carbocycles. The number of furan rings is 1. The van der Waals surface area contributed by atoms with Crippen molar-refractivity contribution in [2.75, 3.05) is 6.54 Å². The van der Waals surface area contributed by atoms with E-state index in [0.29, 0.717) is 17.3 Å². The number of Topliss-reactive ketones (excluding diaryl/α,β-unsaturated/α-hetero) is 1. The normalized spacial score (nSPS) is 17.5. The zero-order valence-corrected chi connectivity index (χ0v) is 9.00. The Kier molecular flexibility index (Phi) is 1.96. The minimum absolute atomic E-state index is 0.0919. The van der Waals surface area contributed by atoms with Gasteiger partial charge >= 0.3 is 0 Å². The van der Waals surface area contributed by atoms with E-state index in [1.54, 1.807) is 0 Å². The highest BCUT2D eigenvalue weighted by molar-refractivity contribution is 5.95. The number of hydrogen-bond donors (Lipinski definition) is 1. The van der Waals surface area contributed by atoms with Crippen LogP contribution in [-0.2, 0) is 0 Å². The van der Waals surface area contributed by atoms with Crippen LogP contribution in [0.15, 0.2) is 9.41 Å². The number of nitrogens with zero attached hydrogens (tertiary/aromatic N) is 1. The molecule has 4 nitrogen and oxygen atoms in total. The molecule has 0 fully saturated rings. The molecule has 1 N–H and O–H groups in total. The van der Waals surface area contributed by atoms with Crippen LogP contribution in [0.25, 0.3) is 6.08 Å². The van der Waals surface area contributed by atoms with Crippen molar-refractivity contribution >= 4 is 11.9 Å². The molecule has 0 amide bonds. The first-order valence-corrected chi connectivity index (χ1v) is 4.81. The van der Waals surface area contributed by atoms with Crippen LogP contribution in [0, 0.1) is 5.41 Å². The van der Waals surface area contributed by atoms with Crippen LogP contribution in [0.1, 0.15) is 31.1 Å². The quantitative estimate of drug-likeness (QED) is 0.687. The topological polar surface area (TPSA) is 62.8 Å². The molecular weight excluding hydrogens is 194 g/mol. The van der Waals surface area contributed by atoms with Gasteiger partial charge in [0.1, 0.15) is 10.9 Å². The van der Waals surface area contributed by atoms with Crippen LogP contribution in [-0.4, -0.2) is 17.4 Å². The molecule has 0 atom stereocenters. The molecule has 0 unspecified atom stereocenters. The van der Waals surface area contributed by atoms with Crippen molar-refractivity contribution in [3.05, 3.63) is 16.3 Å². The molecule has 2 heterocycles. The lowest BCUT2D eigenvalue weighted by molar-refractivity contribution is 0.101. The van der Waals surface area contributed by atoms with Crippen molar-refractivity contribution in [1.82, 2.24) is 0 Å². The number of rotatable bonds is 1. The molecule has 1 aliphatic rings. The summed E-state index contributed by atoms with van der Waals surface area (Å²) in [6.45, 7) is 6.03. The minimum Gasteiger partial charge on any atom is -0.480 e. The number of carbonyl (C=O) groups is 1. The maximum absolute atomic E-state index is 11.3. The maximum atomic E-state index is 11.3. The van der Waals surface area contributed by atoms with Gasteiger partial charge in [-0.25, -0.2) is 0 Å². The highest BCUT2D eigenvalue weighted by Crippen LogP contribution is 2.20. The number of aromatic hydroxyl groups is 1. The first-order valence-electron chi connectivity index (χ1n) is 4.81. The summed E-state index contributed by atoms with van der Waals surface area (Å²) < 4.78 is 5.12. The third kappa shape index (κ3) is 1.56. The predicted molar refractivity (Wildman–Crippen MR) is 54.3 cm³/mol. The van der Waals surface area contributed by atoms with Crippen molar-refractivity contribution in [3.63, 3.8) is 0 Å². The van der Waals surface area contributed by atoms with Gasteiger partial charge < -0.3 is 9.52 Å². The van der Waals surface area contributed by atoms with Crippen molar-refractivity contribution < 1.29 is 14.3 Å². The van der Waals surface area contributed by atoms with Gasteiger partial charge in [0.25, 0.3) is 5.95 Å². The van der Waals surface area contributed by atoms with Crippen molar-refractivity contribution in [2.24, 2.45) is 10.4 Å². The monoisotopic (exact) mass is 207 g/mol. The van der Waals surface area contributed by atoms with Crippen LogP contribution < -0.4 is 10.8 Å². The van der Waals surface area contributed by atoms with Crippen LogP contribution in [0.2, 0.25) is 0 Å². The fourth-order valence-electron chi connectivity index (χ4n) is 1.68. The van der Waals surface area contributed by atoms with Gasteiger partial charge in [0.15, 0.2) is 11.2 Å². The van der Waals surface area contributed by atoms with Gasteiger partial charge in [-0.3, -0.25) is 9.79 Å². The van der Waals surface area contributed by atoms with Crippen LogP contribution >= 0.6 is 0 Å². The molecular formula is C11H13NO3. The van der Waals surface area contributed by atoms with Gasteiger partial charge in [0.05, 0.1) is 0 Å². The zero-order chi connectivity index (χ0) is 11.2. The molecule has 1 aromatic rings. The van der Waals surface area contributed by atoms with E-state index >= 15 is 0 Å². The summed E-state index contributed by atoms with van der Waals surface area (Å²) in [5.41, 5.74) is 0.594. The van der Waals surface area contributed by atoms with Crippen LogP contribution in [0.4, 0.5) is 0 Å². The summed E-state index contributed by atoms with van der Waals surface area (Å²) >= 11 is 0. The second-order valence-corrected chi connectivity index (χ2v) is 4.50. The third-order valence-corrected chi connectivity index (χ3v) is 2.41. The summed E-state index contributed by atoms with van der Waals surface area (Å²) in [5.74, 6) is -0.556. The molecule has 2 rings (SSSR count). The van der Waals surface area contributed by atoms with E-state index in [4.69, 9.17) is 4.42 Å². The Balaban J connectivity index is 2.78.